The molecule has 1 nitrogen and oxygen atoms in total. The molecule has 0 aliphatic heterocycles. The zero-order valence-electron chi connectivity index (χ0n) is 17.6. The first kappa shape index (κ1) is 19.1. The van der Waals surface area contributed by atoms with Gasteiger partial charge in [-0.15, -0.1) is 11.3 Å². The zero-order valence-corrected chi connectivity index (χ0v) is 20.0. The van der Waals surface area contributed by atoms with E-state index in [2.05, 4.69) is 130 Å². The fraction of sp³-hybridized carbons (Fsp3) is 0. The first-order valence-electron chi connectivity index (χ1n) is 11.0. The van der Waals surface area contributed by atoms with E-state index in [9.17, 15) is 0 Å². The van der Waals surface area contributed by atoms with Crippen molar-refractivity contribution in [1.29, 1.82) is 0 Å². The van der Waals surface area contributed by atoms with Gasteiger partial charge >= 0.3 is 0 Å². The smallest absolute Gasteiger partial charge is 0.0634 e. The van der Waals surface area contributed by atoms with Crippen molar-refractivity contribution in [3.05, 3.63) is 114 Å². The first-order valence-corrected chi connectivity index (χ1v) is 12.6. The molecule has 0 unspecified atom stereocenters. The van der Waals surface area contributed by atoms with Gasteiger partial charge in [0.2, 0.25) is 0 Å². The van der Waals surface area contributed by atoms with E-state index in [4.69, 9.17) is 0 Å². The summed E-state index contributed by atoms with van der Waals surface area (Å²) in [6.45, 7) is 0. The van der Waals surface area contributed by atoms with Crippen LogP contribution in [-0.2, 0) is 0 Å². The summed E-state index contributed by atoms with van der Waals surface area (Å²) in [4.78, 5) is 0. The topological polar surface area (TPSA) is 4.93 Å². The largest absolute Gasteiger partial charge is 0.309 e. The highest BCUT2D eigenvalue weighted by molar-refractivity contribution is 9.10. The van der Waals surface area contributed by atoms with E-state index in [1.54, 1.807) is 0 Å². The summed E-state index contributed by atoms with van der Waals surface area (Å²) < 4.78 is 6.19. The lowest BCUT2D eigenvalue weighted by atomic mass is 9.99. The van der Waals surface area contributed by atoms with Crippen molar-refractivity contribution >= 4 is 69.2 Å². The molecule has 0 saturated heterocycles. The minimum Gasteiger partial charge on any atom is -0.309 e. The van der Waals surface area contributed by atoms with Gasteiger partial charge in [-0.25, -0.2) is 0 Å². The van der Waals surface area contributed by atoms with Crippen molar-refractivity contribution in [2.75, 3.05) is 0 Å². The summed E-state index contributed by atoms with van der Waals surface area (Å²) in [7, 11) is 0. The molecule has 156 valence electrons. The molecule has 0 N–H and O–H groups in total. The van der Waals surface area contributed by atoms with Crippen LogP contribution in [0.5, 0.6) is 0 Å². The molecule has 0 radical (unpaired) electrons. The van der Waals surface area contributed by atoms with E-state index >= 15 is 0 Å². The molecule has 0 bridgehead atoms. The highest BCUT2D eigenvalue weighted by atomic mass is 79.9. The second-order valence-corrected chi connectivity index (χ2v) is 10.3. The van der Waals surface area contributed by atoms with Crippen LogP contribution in [0.1, 0.15) is 0 Å². The Bertz CT molecular complexity index is 1830. The van der Waals surface area contributed by atoms with Crippen LogP contribution in [-0.4, -0.2) is 4.57 Å². The fourth-order valence-electron chi connectivity index (χ4n) is 5.05. The Balaban J connectivity index is 1.78. The van der Waals surface area contributed by atoms with Crippen LogP contribution < -0.4 is 0 Å². The van der Waals surface area contributed by atoms with Gasteiger partial charge in [-0.2, -0.15) is 0 Å². The normalized spacial score (nSPS) is 11.8. The SMILES string of the molecule is Brc1cccc(-c2cc3c4ccccc4n(-c4ccccc4)c3c3c2sc2ccccc23)c1. The quantitative estimate of drug-likeness (QED) is 0.221. The third-order valence-corrected chi connectivity index (χ3v) is 8.13. The molecule has 5 aromatic carbocycles. The number of para-hydroxylation sites is 2. The van der Waals surface area contributed by atoms with Gasteiger partial charge in [-0.1, -0.05) is 82.7 Å². The lowest BCUT2D eigenvalue weighted by Gasteiger charge is -2.11. The summed E-state index contributed by atoms with van der Waals surface area (Å²) in [6, 6.07) is 39.4. The maximum absolute atomic E-state index is 3.68. The molecule has 0 atom stereocenters. The second kappa shape index (κ2) is 7.31. The second-order valence-electron chi connectivity index (χ2n) is 8.32. The van der Waals surface area contributed by atoms with E-state index in [-0.39, 0.29) is 0 Å². The van der Waals surface area contributed by atoms with Crippen molar-refractivity contribution in [1.82, 2.24) is 4.57 Å². The van der Waals surface area contributed by atoms with Gasteiger partial charge in [0.25, 0.3) is 0 Å². The van der Waals surface area contributed by atoms with Crippen LogP contribution in [0.25, 0.3) is 58.8 Å². The summed E-state index contributed by atoms with van der Waals surface area (Å²) in [5.41, 5.74) is 6.24. The van der Waals surface area contributed by atoms with Crippen LogP contribution in [0.4, 0.5) is 0 Å². The summed E-state index contributed by atoms with van der Waals surface area (Å²) in [5.74, 6) is 0. The van der Waals surface area contributed by atoms with Gasteiger partial charge < -0.3 is 4.57 Å². The number of hydrogen-bond acceptors (Lipinski definition) is 1. The minimum absolute atomic E-state index is 1.10. The number of benzene rings is 5. The third kappa shape index (κ3) is 2.83. The van der Waals surface area contributed by atoms with Crippen LogP contribution in [0.3, 0.4) is 0 Å². The van der Waals surface area contributed by atoms with Gasteiger partial charge in [0.05, 0.1) is 11.0 Å². The molecule has 0 saturated carbocycles. The molecule has 33 heavy (non-hydrogen) atoms. The highest BCUT2D eigenvalue weighted by Gasteiger charge is 2.21. The number of aromatic nitrogens is 1. The van der Waals surface area contributed by atoms with Gasteiger partial charge in [0, 0.05) is 46.7 Å². The molecule has 3 heteroatoms. The monoisotopic (exact) mass is 503 g/mol. The molecule has 0 spiro atoms. The van der Waals surface area contributed by atoms with Crippen molar-refractivity contribution in [2.45, 2.75) is 0 Å². The molecular formula is C30H18BrNS. The van der Waals surface area contributed by atoms with Gasteiger partial charge in [0.15, 0.2) is 0 Å². The Hall–Kier alpha value is -3.40. The molecule has 0 aliphatic carbocycles. The Labute approximate surface area is 203 Å². The van der Waals surface area contributed by atoms with E-state index in [0.29, 0.717) is 0 Å². The average molecular weight is 504 g/mol. The van der Waals surface area contributed by atoms with E-state index < -0.39 is 0 Å². The van der Waals surface area contributed by atoms with E-state index in [1.807, 2.05) is 11.3 Å². The number of halogens is 1. The Morgan fingerprint density at radius 2 is 1.39 bits per heavy atom. The number of nitrogens with zero attached hydrogens (tertiary/aromatic N) is 1. The lowest BCUT2D eigenvalue weighted by Crippen LogP contribution is -1.93. The molecule has 2 heterocycles. The fourth-order valence-corrected chi connectivity index (χ4v) is 6.69. The van der Waals surface area contributed by atoms with Crippen molar-refractivity contribution < 1.29 is 0 Å². The van der Waals surface area contributed by atoms with Gasteiger partial charge in [0.1, 0.15) is 0 Å². The predicted octanol–water partition coefficient (Wildman–Crippen LogP) is 9.58. The zero-order chi connectivity index (χ0) is 21.9. The standard InChI is InChI=1S/C30H18BrNS/c31-20-10-8-9-19(17-20)24-18-25-22-13-4-6-15-26(22)32(21-11-2-1-3-12-21)29(25)28-23-14-5-7-16-27(23)33-30(24)28/h1-18H. The van der Waals surface area contributed by atoms with Gasteiger partial charge in [-0.05, 0) is 48.0 Å². The number of fused-ring (bicyclic) bond motifs is 7. The highest BCUT2D eigenvalue weighted by Crippen LogP contribution is 2.47. The molecule has 7 rings (SSSR count). The Kier molecular flexibility index (Phi) is 4.23. The summed E-state index contributed by atoms with van der Waals surface area (Å²) in [5, 5.41) is 5.23. The summed E-state index contributed by atoms with van der Waals surface area (Å²) in [6.07, 6.45) is 0. The summed E-state index contributed by atoms with van der Waals surface area (Å²) >= 11 is 5.57. The van der Waals surface area contributed by atoms with Gasteiger partial charge in [-0.3, -0.25) is 0 Å². The van der Waals surface area contributed by atoms with Crippen LogP contribution in [0, 0.1) is 0 Å². The van der Waals surface area contributed by atoms with Crippen molar-refractivity contribution in [3.63, 3.8) is 0 Å². The molecule has 0 fully saturated rings. The molecule has 0 amide bonds. The third-order valence-electron chi connectivity index (χ3n) is 6.43. The van der Waals surface area contributed by atoms with E-state index in [1.165, 1.54) is 58.8 Å². The number of hydrogen-bond donors (Lipinski definition) is 0. The molecular weight excluding hydrogens is 486 g/mol. The van der Waals surface area contributed by atoms with E-state index in [0.717, 1.165) is 4.47 Å². The first-order chi connectivity index (χ1) is 16.3. The maximum Gasteiger partial charge on any atom is 0.0634 e. The Morgan fingerprint density at radius 3 is 2.24 bits per heavy atom. The molecule has 2 aromatic heterocycles. The van der Waals surface area contributed by atoms with Crippen molar-refractivity contribution in [3.8, 4) is 16.8 Å². The number of thiophene rings is 1. The van der Waals surface area contributed by atoms with Crippen LogP contribution in [0.15, 0.2) is 114 Å². The average Bonchev–Trinajstić information content (AvgIpc) is 3.40. The maximum atomic E-state index is 3.68. The molecule has 7 aromatic rings. The van der Waals surface area contributed by atoms with Crippen LogP contribution >= 0.6 is 27.3 Å². The van der Waals surface area contributed by atoms with Crippen molar-refractivity contribution in [2.24, 2.45) is 0 Å². The van der Waals surface area contributed by atoms with Crippen LogP contribution in [0.2, 0.25) is 0 Å². The predicted molar refractivity (Wildman–Crippen MR) is 147 cm³/mol. The molecule has 0 aliphatic rings. The minimum atomic E-state index is 1.10. The number of rotatable bonds is 2. The Morgan fingerprint density at radius 1 is 0.636 bits per heavy atom. The lowest BCUT2D eigenvalue weighted by molar-refractivity contribution is 1.19.